The topological polar surface area (TPSA) is 36.9 Å². The van der Waals surface area contributed by atoms with E-state index >= 15 is 0 Å². The minimum atomic E-state index is -0.296. The zero-order valence-corrected chi connectivity index (χ0v) is 9.73. The van der Waals surface area contributed by atoms with Crippen molar-refractivity contribution < 1.29 is 18.9 Å². The number of rotatable bonds is 3. The lowest BCUT2D eigenvalue weighted by molar-refractivity contribution is -0.0573. The van der Waals surface area contributed by atoms with Crippen molar-refractivity contribution in [1.82, 2.24) is 0 Å². The highest BCUT2D eigenvalue weighted by atomic mass is 16.7. The van der Waals surface area contributed by atoms with E-state index in [-0.39, 0.29) is 12.4 Å². The summed E-state index contributed by atoms with van der Waals surface area (Å²) in [5, 5.41) is 0. The Bertz CT molecular complexity index is 364. The first-order valence-electron chi connectivity index (χ1n) is 5.23. The van der Waals surface area contributed by atoms with Gasteiger partial charge in [0.25, 0.3) is 0 Å². The smallest absolute Gasteiger partial charge is 0.184 e. The maximum Gasteiger partial charge on any atom is 0.184 e. The lowest BCUT2D eigenvalue weighted by Crippen LogP contribution is -2.03. The van der Waals surface area contributed by atoms with Gasteiger partial charge in [0.1, 0.15) is 0 Å². The number of ether oxygens (including phenoxy) is 4. The van der Waals surface area contributed by atoms with Crippen molar-refractivity contribution in [3.63, 3.8) is 0 Å². The molecule has 2 rings (SSSR count). The van der Waals surface area contributed by atoms with E-state index in [0.717, 1.165) is 5.56 Å². The average Bonchev–Trinajstić information content (AvgIpc) is 2.75. The molecule has 1 fully saturated rings. The summed E-state index contributed by atoms with van der Waals surface area (Å²) in [7, 11) is 3.22. The first kappa shape index (κ1) is 11.2. The molecule has 0 N–H and O–H groups in total. The normalized spacial score (nSPS) is 24.4. The molecule has 88 valence electrons. The lowest BCUT2D eigenvalue weighted by atomic mass is 10.2. The Morgan fingerprint density at radius 2 is 1.94 bits per heavy atom. The minimum absolute atomic E-state index is 0.137. The largest absolute Gasteiger partial charge is 0.493 e. The molecular weight excluding hydrogens is 208 g/mol. The van der Waals surface area contributed by atoms with Gasteiger partial charge < -0.3 is 18.9 Å². The van der Waals surface area contributed by atoms with Crippen molar-refractivity contribution >= 4 is 0 Å². The molecule has 1 aliphatic rings. The Morgan fingerprint density at radius 1 is 1.19 bits per heavy atom. The van der Waals surface area contributed by atoms with Gasteiger partial charge in [0.15, 0.2) is 17.8 Å². The molecule has 1 heterocycles. The summed E-state index contributed by atoms with van der Waals surface area (Å²) in [5.41, 5.74) is 0.946. The molecule has 0 unspecified atom stereocenters. The predicted octanol–water partition coefficient (Wildman–Crippen LogP) is 2.14. The molecule has 16 heavy (non-hydrogen) atoms. The van der Waals surface area contributed by atoms with Gasteiger partial charge in [-0.3, -0.25) is 0 Å². The van der Waals surface area contributed by atoms with Crippen LogP contribution in [0.25, 0.3) is 0 Å². The van der Waals surface area contributed by atoms with Crippen molar-refractivity contribution in [3.8, 4) is 11.5 Å². The molecule has 0 aromatic heterocycles. The van der Waals surface area contributed by atoms with Gasteiger partial charge in [0.2, 0.25) is 0 Å². The highest BCUT2D eigenvalue weighted by Gasteiger charge is 2.24. The molecule has 4 nitrogen and oxygen atoms in total. The summed E-state index contributed by atoms with van der Waals surface area (Å²) < 4.78 is 21.5. The van der Waals surface area contributed by atoms with Crippen molar-refractivity contribution in [1.29, 1.82) is 0 Å². The molecule has 0 aliphatic carbocycles. The van der Waals surface area contributed by atoms with E-state index in [2.05, 4.69) is 0 Å². The van der Waals surface area contributed by atoms with Gasteiger partial charge in [0, 0.05) is 5.56 Å². The van der Waals surface area contributed by atoms with E-state index in [1.165, 1.54) is 0 Å². The van der Waals surface area contributed by atoms with Gasteiger partial charge in [-0.05, 0) is 19.1 Å². The van der Waals surface area contributed by atoms with Crippen LogP contribution in [0.4, 0.5) is 0 Å². The van der Waals surface area contributed by atoms with Gasteiger partial charge in [-0.15, -0.1) is 0 Å². The van der Waals surface area contributed by atoms with Gasteiger partial charge in [-0.1, -0.05) is 6.07 Å². The molecule has 0 spiro atoms. The second-order valence-corrected chi connectivity index (χ2v) is 3.73. The molecular formula is C12H16O4. The lowest BCUT2D eigenvalue weighted by Gasteiger charge is -2.13. The molecule has 1 aliphatic heterocycles. The fourth-order valence-corrected chi connectivity index (χ4v) is 1.69. The van der Waals surface area contributed by atoms with Crippen molar-refractivity contribution in [2.75, 3.05) is 20.8 Å². The molecule has 0 saturated carbocycles. The number of methoxy groups -OCH3 is 2. The molecule has 0 radical (unpaired) electrons. The maximum absolute atomic E-state index is 5.60. The van der Waals surface area contributed by atoms with Crippen molar-refractivity contribution in [3.05, 3.63) is 23.8 Å². The van der Waals surface area contributed by atoms with Gasteiger partial charge in [0.05, 0.1) is 26.9 Å². The van der Waals surface area contributed by atoms with Crippen molar-refractivity contribution in [2.45, 2.75) is 19.3 Å². The second-order valence-electron chi connectivity index (χ2n) is 3.73. The van der Waals surface area contributed by atoms with E-state index in [0.29, 0.717) is 18.1 Å². The van der Waals surface area contributed by atoms with E-state index in [9.17, 15) is 0 Å². The van der Waals surface area contributed by atoms with E-state index in [1.807, 2.05) is 25.1 Å². The van der Waals surface area contributed by atoms with E-state index in [4.69, 9.17) is 18.9 Å². The molecule has 2 atom stereocenters. The summed E-state index contributed by atoms with van der Waals surface area (Å²) in [6.45, 7) is 2.61. The first-order chi connectivity index (χ1) is 7.74. The molecule has 0 amide bonds. The van der Waals surface area contributed by atoms with Crippen molar-refractivity contribution in [2.24, 2.45) is 0 Å². The standard InChI is InChI=1S/C12H16O4/c1-8-7-15-12(16-8)9-4-5-10(13-2)11(6-9)14-3/h4-6,8,12H,7H2,1-3H3/t8-,12-/m1/s1. The highest BCUT2D eigenvalue weighted by molar-refractivity contribution is 5.43. The van der Waals surface area contributed by atoms with Crippen LogP contribution in [0.2, 0.25) is 0 Å². The van der Waals surface area contributed by atoms with Gasteiger partial charge in [-0.25, -0.2) is 0 Å². The molecule has 1 aromatic rings. The van der Waals surface area contributed by atoms with Crippen LogP contribution in [-0.2, 0) is 9.47 Å². The highest BCUT2D eigenvalue weighted by Crippen LogP contribution is 2.33. The van der Waals surface area contributed by atoms with Crippen LogP contribution >= 0.6 is 0 Å². The summed E-state index contributed by atoms with van der Waals surface area (Å²) in [6, 6.07) is 5.65. The Labute approximate surface area is 95.1 Å². The third-order valence-corrected chi connectivity index (χ3v) is 2.52. The summed E-state index contributed by atoms with van der Waals surface area (Å²) >= 11 is 0. The SMILES string of the molecule is COc1ccc([C@@H]2OC[C@@H](C)O2)cc1OC. The number of hydrogen-bond donors (Lipinski definition) is 0. The van der Waals surface area contributed by atoms with Crippen LogP contribution in [0.1, 0.15) is 18.8 Å². The summed E-state index contributed by atoms with van der Waals surface area (Å²) in [6.07, 6.45) is -0.159. The fourth-order valence-electron chi connectivity index (χ4n) is 1.69. The van der Waals surface area contributed by atoms with Crippen LogP contribution < -0.4 is 9.47 Å². The monoisotopic (exact) mass is 224 g/mol. The maximum atomic E-state index is 5.60. The van der Waals surface area contributed by atoms with E-state index in [1.54, 1.807) is 14.2 Å². The molecule has 0 bridgehead atoms. The van der Waals surface area contributed by atoms with Gasteiger partial charge in [-0.2, -0.15) is 0 Å². The minimum Gasteiger partial charge on any atom is -0.493 e. The average molecular weight is 224 g/mol. The Hall–Kier alpha value is -1.26. The molecule has 4 heteroatoms. The van der Waals surface area contributed by atoms with Crippen LogP contribution in [0.3, 0.4) is 0 Å². The zero-order chi connectivity index (χ0) is 11.5. The Balaban J connectivity index is 2.22. The number of hydrogen-bond acceptors (Lipinski definition) is 4. The predicted molar refractivity (Wildman–Crippen MR) is 58.8 cm³/mol. The van der Waals surface area contributed by atoms with Crippen LogP contribution in [-0.4, -0.2) is 26.9 Å². The van der Waals surface area contributed by atoms with Gasteiger partial charge >= 0.3 is 0 Å². The van der Waals surface area contributed by atoms with E-state index < -0.39 is 0 Å². The molecule has 1 saturated heterocycles. The third-order valence-electron chi connectivity index (χ3n) is 2.52. The Morgan fingerprint density at radius 3 is 2.50 bits per heavy atom. The second kappa shape index (κ2) is 4.72. The zero-order valence-electron chi connectivity index (χ0n) is 9.73. The fraction of sp³-hybridized carbons (Fsp3) is 0.500. The third kappa shape index (κ3) is 2.13. The van der Waals surface area contributed by atoms with Crippen LogP contribution in [0, 0.1) is 0 Å². The Kier molecular flexibility index (Phi) is 3.31. The van der Waals surface area contributed by atoms with Crippen LogP contribution in [0.5, 0.6) is 11.5 Å². The molecule has 1 aromatic carbocycles. The summed E-state index contributed by atoms with van der Waals surface area (Å²) in [5.74, 6) is 1.39. The van der Waals surface area contributed by atoms with Crippen LogP contribution in [0.15, 0.2) is 18.2 Å². The summed E-state index contributed by atoms with van der Waals surface area (Å²) in [4.78, 5) is 0. The quantitative estimate of drug-likeness (QED) is 0.788. The first-order valence-corrected chi connectivity index (χ1v) is 5.23. The number of benzene rings is 1.